The Kier molecular flexibility index (Phi) is 5.10. The van der Waals surface area contributed by atoms with Gasteiger partial charge < -0.3 is 10.6 Å². The zero-order valence-corrected chi connectivity index (χ0v) is 11.9. The number of nitrogens with one attached hydrogen (secondary N) is 2. The number of hydrogen-bond acceptors (Lipinski definition) is 2. The Morgan fingerprint density at radius 2 is 1.48 bits per heavy atom. The third-order valence-electron chi connectivity index (χ3n) is 3.18. The van der Waals surface area contributed by atoms with Crippen molar-refractivity contribution < 1.29 is 9.59 Å². The van der Waals surface area contributed by atoms with E-state index in [0.717, 1.165) is 5.56 Å². The first-order chi connectivity index (χ1) is 10.2. The number of benzene rings is 2. The van der Waals surface area contributed by atoms with Crippen LogP contribution in [0.15, 0.2) is 60.7 Å². The van der Waals surface area contributed by atoms with E-state index in [1.165, 1.54) is 0 Å². The van der Waals surface area contributed by atoms with Gasteiger partial charge in [0.05, 0.1) is 0 Å². The van der Waals surface area contributed by atoms with Gasteiger partial charge in [0.15, 0.2) is 0 Å². The summed E-state index contributed by atoms with van der Waals surface area (Å²) in [6, 6.07) is 18.8. The molecule has 0 unspecified atom stereocenters. The fourth-order valence-electron chi connectivity index (χ4n) is 1.93. The summed E-state index contributed by atoms with van der Waals surface area (Å²) in [6.07, 6.45) is 0. The molecule has 2 rings (SSSR count). The molecule has 2 aromatic rings. The molecule has 4 heteroatoms. The van der Waals surface area contributed by atoms with Crippen molar-refractivity contribution >= 4 is 17.5 Å². The van der Waals surface area contributed by atoms with E-state index in [0.29, 0.717) is 12.2 Å². The molecule has 108 valence electrons. The van der Waals surface area contributed by atoms with E-state index >= 15 is 0 Å². The van der Waals surface area contributed by atoms with Crippen LogP contribution in [0.1, 0.15) is 18.4 Å². The van der Waals surface area contributed by atoms with Crippen LogP contribution in [-0.2, 0) is 9.59 Å². The summed E-state index contributed by atoms with van der Waals surface area (Å²) in [5.74, 6) is -1.12. The van der Waals surface area contributed by atoms with E-state index in [9.17, 15) is 9.59 Å². The lowest BCUT2D eigenvalue weighted by atomic mass is 10.0. The highest BCUT2D eigenvalue weighted by Crippen LogP contribution is 2.13. The van der Waals surface area contributed by atoms with E-state index in [1.807, 2.05) is 43.3 Å². The molecule has 0 bridgehead atoms. The van der Waals surface area contributed by atoms with Crippen LogP contribution in [0.25, 0.3) is 0 Å². The number of carbonyl (C=O) groups is 2. The Morgan fingerprint density at radius 3 is 2.10 bits per heavy atom. The lowest BCUT2D eigenvalue weighted by molar-refractivity contribution is -0.136. The monoisotopic (exact) mass is 282 g/mol. The summed E-state index contributed by atoms with van der Waals surface area (Å²) in [5.41, 5.74) is 1.73. The van der Waals surface area contributed by atoms with E-state index in [1.54, 1.807) is 24.3 Å². The summed E-state index contributed by atoms with van der Waals surface area (Å²) in [4.78, 5) is 23.5. The second kappa shape index (κ2) is 7.24. The van der Waals surface area contributed by atoms with E-state index in [2.05, 4.69) is 10.6 Å². The minimum atomic E-state index is -0.651. The lowest BCUT2D eigenvalue weighted by Gasteiger charge is -2.13. The minimum Gasteiger partial charge on any atom is -0.347 e. The summed E-state index contributed by atoms with van der Waals surface area (Å²) in [7, 11) is 0. The Balaban J connectivity index is 1.83. The van der Waals surface area contributed by atoms with Crippen molar-refractivity contribution in [3.05, 3.63) is 66.2 Å². The highest BCUT2D eigenvalue weighted by molar-refractivity contribution is 6.39. The van der Waals surface area contributed by atoms with Gasteiger partial charge in [0, 0.05) is 12.2 Å². The first kappa shape index (κ1) is 14.8. The molecule has 0 aromatic heterocycles. The van der Waals surface area contributed by atoms with Gasteiger partial charge in [-0.05, 0) is 23.6 Å². The number of anilines is 1. The fraction of sp³-hybridized carbons (Fsp3) is 0.176. The summed E-state index contributed by atoms with van der Waals surface area (Å²) < 4.78 is 0. The van der Waals surface area contributed by atoms with Crippen LogP contribution in [-0.4, -0.2) is 18.4 Å². The Labute approximate surface area is 124 Å². The Hall–Kier alpha value is -2.62. The number of amides is 2. The average molecular weight is 282 g/mol. The van der Waals surface area contributed by atoms with Crippen molar-refractivity contribution in [2.24, 2.45) is 0 Å². The normalized spacial score (nSPS) is 11.5. The molecule has 1 atom stereocenters. The molecule has 0 spiro atoms. The van der Waals surface area contributed by atoms with Gasteiger partial charge in [0.1, 0.15) is 0 Å². The van der Waals surface area contributed by atoms with Gasteiger partial charge >= 0.3 is 11.8 Å². The lowest BCUT2D eigenvalue weighted by Crippen LogP contribution is -2.37. The average Bonchev–Trinajstić information content (AvgIpc) is 2.54. The van der Waals surface area contributed by atoms with Crippen LogP contribution in [0, 0.1) is 0 Å². The van der Waals surface area contributed by atoms with Crippen LogP contribution < -0.4 is 10.6 Å². The molecule has 21 heavy (non-hydrogen) atoms. The van der Waals surface area contributed by atoms with Crippen LogP contribution >= 0.6 is 0 Å². The number of carbonyl (C=O) groups excluding carboxylic acids is 2. The van der Waals surface area contributed by atoms with Crippen LogP contribution in [0.3, 0.4) is 0 Å². The standard InChI is InChI=1S/C17H18N2O2/c1-13(14-8-4-2-5-9-14)12-18-16(20)17(21)19-15-10-6-3-7-11-15/h2-11,13H,12H2,1H3,(H,18,20)(H,19,21)/t13-/m0/s1. The van der Waals surface area contributed by atoms with Gasteiger partial charge in [-0.3, -0.25) is 9.59 Å². The Morgan fingerprint density at radius 1 is 0.905 bits per heavy atom. The van der Waals surface area contributed by atoms with Crippen LogP contribution in [0.4, 0.5) is 5.69 Å². The first-order valence-corrected chi connectivity index (χ1v) is 6.86. The quantitative estimate of drug-likeness (QED) is 0.847. The van der Waals surface area contributed by atoms with E-state index in [-0.39, 0.29) is 5.92 Å². The molecular formula is C17H18N2O2. The number of para-hydroxylation sites is 1. The molecule has 0 fully saturated rings. The summed E-state index contributed by atoms with van der Waals surface area (Å²) in [5, 5.41) is 5.20. The molecule has 0 saturated heterocycles. The second-order valence-corrected chi connectivity index (χ2v) is 4.84. The maximum atomic E-state index is 11.8. The summed E-state index contributed by atoms with van der Waals surface area (Å²) in [6.45, 7) is 2.43. The first-order valence-electron chi connectivity index (χ1n) is 6.86. The van der Waals surface area contributed by atoms with Gasteiger partial charge in [0.25, 0.3) is 0 Å². The number of rotatable bonds is 4. The van der Waals surface area contributed by atoms with Crippen molar-refractivity contribution in [3.8, 4) is 0 Å². The van der Waals surface area contributed by atoms with Crippen molar-refractivity contribution in [2.45, 2.75) is 12.8 Å². The molecule has 2 aromatic carbocycles. The third kappa shape index (κ3) is 4.45. The highest BCUT2D eigenvalue weighted by atomic mass is 16.2. The van der Waals surface area contributed by atoms with Gasteiger partial charge in [-0.1, -0.05) is 55.5 Å². The van der Waals surface area contributed by atoms with Crippen molar-refractivity contribution in [3.63, 3.8) is 0 Å². The molecule has 0 saturated carbocycles. The SMILES string of the molecule is C[C@@H](CNC(=O)C(=O)Nc1ccccc1)c1ccccc1. The molecule has 0 heterocycles. The van der Waals surface area contributed by atoms with E-state index in [4.69, 9.17) is 0 Å². The Bertz CT molecular complexity index is 597. The van der Waals surface area contributed by atoms with Crippen molar-refractivity contribution in [1.82, 2.24) is 5.32 Å². The topological polar surface area (TPSA) is 58.2 Å². The third-order valence-corrected chi connectivity index (χ3v) is 3.18. The fourth-order valence-corrected chi connectivity index (χ4v) is 1.93. The van der Waals surface area contributed by atoms with Gasteiger partial charge in [-0.25, -0.2) is 0 Å². The van der Waals surface area contributed by atoms with Crippen LogP contribution in [0.5, 0.6) is 0 Å². The largest absolute Gasteiger partial charge is 0.347 e. The molecule has 2 amide bonds. The molecule has 0 radical (unpaired) electrons. The summed E-state index contributed by atoms with van der Waals surface area (Å²) >= 11 is 0. The van der Waals surface area contributed by atoms with Gasteiger partial charge in [0.2, 0.25) is 0 Å². The molecule has 0 aliphatic rings. The maximum Gasteiger partial charge on any atom is 0.313 e. The minimum absolute atomic E-state index is 0.152. The highest BCUT2D eigenvalue weighted by Gasteiger charge is 2.14. The van der Waals surface area contributed by atoms with Crippen molar-refractivity contribution in [1.29, 1.82) is 0 Å². The zero-order chi connectivity index (χ0) is 15.1. The predicted octanol–water partition coefficient (Wildman–Crippen LogP) is 2.55. The van der Waals surface area contributed by atoms with Gasteiger partial charge in [-0.15, -0.1) is 0 Å². The maximum absolute atomic E-state index is 11.8. The molecule has 2 N–H and O–H groups in total. The zero-order valence-electron chi connectivity index (χ0n) is 11.9. The molecule has 4 nitrogen and oxygen atoms in total. The predicted molar refractivity (Wildman–Crippen MR) is 82.9 cm³/mol. The molecule has 0 aliphatic heterocycles. The second-order valence-electron chi connectivity index (χ2n) is 4.84. The molecular weight excluding hydrogens is 264 g/mol. The smallest absolute Gasteiger partial charge is 0.313 e. The van der Waals surface area contributed by atoms with Gasteiger partial charge in [-0.2, -0.15) is 0 Å². The van der Waals surface area contributed by atoms with Crippen molar-refractivity contribution in [2.75, 3.05) is 11.9 Å². The van der Waals surface area contributed by atoms with E-state index < -0.39 is 11.8 Å². The van der Waals surface area contributed by atoms with Crippen LogP contribution in [0.2, 0.25) is 0 Å². The molecule has 0 aliphatic carbocycles. The number of hydrogen-bond donors (Lipinski definition) is 2.